The standard InChI is InChI=1S/C14H18N6/c1-10(2)12-6-13-14(15-4-5-20(13)18-12)16-7-11-8-17-19(3)9-11/h4-6,8-10H,7H2,1-3H3,(H,15,16). The maximum absolute atomic E-state index is 4.55. The van der Waals surface area contributed by atoms with Gasteiger partial charge in [-0.2, -0.15) is 10.2 Å². The molecule has 0 aliphatic heterocycles. The normalized spacial score (nSPS) is 11.4. The van der Waals surface area contributed by atoms with Crippen molar-refractivity contribution in [2.24, 2.45) is 7.05 Å². The van der Waals surface area contributed by atoms with Crippen LogP contribution in [0.5, 0.6) is 0 Å². The topological polar surface area (TPSA) is 60.0 Å². The molecule has 0 radical (unpaired) electrons. The van der Waals surface area contributed by atoms with Crippen molar-refractivity contribution >= 4 is 11.3 Å². The van der Waals surface area contributed by atoms with E-state index in [4.69, 9.17) is 0 Å². The molecular weight excluding hydrogens is 252 g/mol. The van der Waals surface area contributed by atoms with Crippen LogP contribution in [0.1, 0.15) is 31.0 Å². The molecule has 0 fully saturated rings. The number of hydrogen-bond acceptors (Lipinski definition) is 4. The fourth-order valence-electron chi connectivity index (χ4n) is 2.11. The summed E-state index contributed by atoms with van der Waals surface area (Å²) in [5.41, 5.74) is 3.20. The van der Waals surface area contributed by atoms with E-state index in [1.165, 1.54) is 0 Å². The molecule has 0 spiro atoms. The summed E-state index contributed by atoms with van der Waals surface area (Å²) in [4.78, 5) is 4.40. The van der Waals surface area contributed by atoms with Crippen LogP contribution in [-0.2, 0) is 13.6 Å². The molecule has 3 heterocycles. The molecule has 0 aromatic carbocycles. The highest BCUT2D eigenvalue weighted by Gasteiger charge is 2.09. The van der Waals surface area contributed by atoms with Gasteiger partial charge >= 0.3 is 0 Å². The number of aryl methyl sites for hydroxylation is 1. The van der Waals surface area contributed by atoms with Crippen molar-refractivity contribution < 1.29 is 0 Å². The smallest absolute Gasteiger partial charge is 0.152 e. The second-order valence-corrected chi connectivity index (χ2v) is 5.21. The number of fused-ring (bicyclic) bond motifs is 1. The lowest BCUT2D eigenvalue weighted by Crippen LogP contribution is -2.02. The zero-order chi connectivity index (χ0) is 14.1. The molecule has 3 aromatic rings. The highest BCUT2D eigenvalue weighted by atomic mass is 15.3. The van der Waals surface area contributed by atoms with E-state index in [0.29, 0.717) is 12.5 Å². The number of aromatic nitrogens is 5. The van der Waals surface area contributed by atoms with Gasteiger partial charge in [0.25, 0.3) is 0 Å². The molecule has 0 atom stereocenters. The van der Waals surface area contributed by atoms with Gasteiger partial charge in [-0.25, -0.2) is 9.50 Å². The fourth-order valence-corrected chi connectivity index (χ4v) is 2.11. The molecule has 0 saturated heterocycles. The molecule has 0 amide bonds. The largest absolute Gasteiger partial charge is 0.364 e. The molecule has 0 bridgehead atoms. The minimum absolute atomic E-state index is 0.404. The average Bonchev–Trinajstić information content (AvgIpc) is 3.02. The van der Waals surface area contributed by atoms with Crippen molar-refractivity contribution in [3.05, 3.63) is 42.1 Å². The Balaban J connectivity index is 1.87. The third-order valence-electron chi connectivity index (χ3n) is 3.22. The van der Waals surface area contributed by atoms with E-state index < -0.39 is 0 Å². The van der Waals surface area contributed by atoms with Crippen molar-refractivity contribution in [1.29, 1.82) is 0 Å². The van der Waals surface area contributed by atoms with Crippen molar-refractivity contribution in [1.82, 2.24) is 24.4 Å². The number of anilines is 1. The van der Waals surface area contributed by atoms with E-state index in [2.05, 4.69) is 40.4 Å². The highest BCUT2D eigenvalue weighted by molar-refractivity contribution is 5.67. The Morgan fingerprint density at radius 1 is 1.35 bits per heavy atom. The van der Waals surface area contributed by atoms with E-state index in [9.17, 15) is 0 Å². The van der Waals surface area contributed by atoms with Crippen molar-refractivity contribution in [3.8, 4) is 0 Å². The van der Waals surface area contributed by atoms with Crippen LogP contribution < -0.4 is 5.32 Å². The van der Waals surface area contributed by atoms with Gasteiger partial charge in [-0.1, -0.05) is 13.8 Å². The van der Waals surface area contributed by atoms with Gasteiger partial charge in [0.1, 0.15) is 5.52 Å². The summed E-state index contributed by atoms with van der Waals surface area (Å²) in [5, 5.41) is 12.1. The minimum Gasteiger partial charge on any atom is -0.364 e. The van der Waals surface area contributed by atoms with Crippen LogP contribution in [-0.4, -0.2) is 24.4 Å². The highest BCUT2D eigenvalue weighted by Crippen LogP contribution is 2.20. The van der Waals surface area contributed by atoms with Crippen LogP contribution in [0.15, 0.2) is 30.9 Å². The van der Waals surface area contributed by atoms with Crippen molar-refractivity contribution in [2.45, 2.75) is 26.3 Å². The summed E-state index contributed by atoms with van der Waals surface area (Å²) in [6, 6.07) is 2.09. The fraction of sp³-hybridized carbons (Fsp3) is 0.357. The summed E-state index contributed by atoms with van der Waals surface area (Å²) in [6.45, 7) is 4.97. The second kappa shape index (κ2) is 4.96. The van der Waals surface area contributed by atoms with Crippen LogP contribution in [0.3, 0.4) is 0 Å². The number of hydrogen-bond donors (Lipinski definition) is 1. The molecular formula is C14H18N6. The molecule has 3 aromatic heterocycles. The Morgan fingerprint density at radius 3 is 2.90 bits per heavy atom. The van der Waals surface area contributed by atoms with Gasteiger partial charge in [-0.05, 0) is 12.0 Å². The molecule has 0 saturated carbocycles. The summed E-state index contributed by atoms with van der Waals surface area (Å²) in [6.07, 6.45) is 7.47. The Bertz CT molecular complexity index is 724. The summed E-state index contributed by atoms with van der Waals surface area (Å²) in [5.74, 6) is 1.25. The molecule has 0 aliphatic rings. The van der Waals surface area contributed by atoms with Crippen LogP contribution in [0.2, 0.25) is 0 Å². The van der Waals surface area contributed by atoms with E-state index in [-0.39, 0.29) is 0 Å². The van der Waals surface area contributed by atoms with Gasteiger partial charge < -0.3 is 5.32 Å². The zero-order valence-electron chi connectivity index (χ0n) is 11.9. The maximum atomic E-state index is 4.55. The van der Waals surface area contributed by atoms with Gasteiger partial charge in [-0.15, -0.1) is 0 Å². The first-order valence-electron chi connectivity index (χ1n) is 6.69. The monoisotopic (exact) mass is 270 g/mol. The lowest BCUT2D eigenvalue weighted by atomic mass is 10.1. The summed E-state index contributed by atoms with van der Waals surface area (Å²) in [7, 11) is 1.91. The predicted octanol–water partition coefficient (Wildman–Crippen LogP) is 2.20. The van der Waals surface area contributed by atoms with Crippen LogP contribution in [0, 0.1) is 0 Å². The lowest BCUT2D eigenvalue weighted by molar-refractivity contribution is 0.767. The molecule has 20 heavy (non-hydrogen) atoms. The first-order valence-corrected chi connectivity index (χ1v) is 6.69. The lowest BCUT2D eigenvalue weighted by Gasteiger charge is -2.04. The molecule has 104 valence electrons. The SMILES string of the molecule is CC(C)c1cc2c(NCc3cnn(C)c3)nccn2n1. The van der Waals surface area contributed by atoms with Gasteiger partial charge in [0, 0.05) is 37.7 Å². The molecule has 6 nitrogen and oxygen atoms in total. The first-order chi connectivity index (χ1) is 9.63. The van der Waals surface area contributed by atoms with Gasteiger partial charge in [-0.3, -0.25) is 4.68 Å². The third-order valence-corrected chi connectivity index (χ3v) is 3.22. The predicted molar refractivity (Wildman–Crippen MR) is 77.6 cm³/mol. The Kier molecular flexibility index (Phi) is 3.14. The van der Waals surface area contributed by atoms with E-state index in [0.717, 1.165) is 22.6 Å². The van der Waals surface area contributed by atoms with Gasteiger partial charge in [0.05, 0.1) is 11.9 Å². The zero-order valence-corrected chi connectivity index (χ0v) is 11.9. The van der Waals surface area contributed by atoms with Crippen molar-refractivity contribution in [2.75, 3.05) is 5.32 Å². The summed E-state index contributed by atoms with van der Waals surface area (Å²) >= 11 is 0. The van der Waals surface area contributed by atoms with Crippen molar-refractivity contribution in [3.63, 3.8) is 0 Å². The number of nitrogens with zero attached hydrogens (tertiary/aromatic N) is 5. The average molecular weight is 270 g/mol. The quantitative estimate of drug-likeness (QED) is 0.789. The molecule has 3 rings (SSSR count). The van der Waals surface area contributed by atoms with Crippen LogP contribution in [0.4, 0.5) is 5.82 Å². The Hall–Kier alpha value is -2.37. The maximum Gasteiger partial charge on any atom is 0.152 e. The van der Waals surface area contributed by atoms with E-state index >= 15 is 0 Å². The third kappa shape index (κ3) is 2.36. The Labute approximate surface area is 117 Å². The van der Waals surface area contributed by atoms with E-state index in [1.54, 1.807) is 10.9 Å². The molecule has 0 unspecified atom stereocenters. The first kappa shape index (κ1) is 12.7. The Morgan fingerprint density at radius 2 is 2.20 bits per heavy atom. The van der Waals surface area contributed by atoms with Crippen LogP contribution in [0.25, 0.3) is 5.52 Å². The second-order valence-electron chi connectivity index (χ2n) is 5.21. The molecule has 1 N–H and O–H groups in total. The number of nitrogens with one attached hydrogen (secondary N) is 1. The minimum atomic E-state index is 0.404. The number of rotatable bonds is 4. The summed E-state index contributed by atoms with van der Waals surface area (Å²) < 4.78 is 3.66. The van der Waals surface area contributed by atoms with Crippen LogP contribution >= 0.6 is 0 Å². The van der Waals surface area contributed by atoms with Gasteiger partial charge in [0.15, 0.2) is 5.82 Å². The molecule has 0 aliphatic carbocycles. The van der Waals surface area contributed by atoms with E-state index in [1.807, 2.05) is 30.2 Å². The molecule has 6 heteroatoms. The van der Waals surface area contributed by atoms with Gasteiger partial charge in [0.2, 0.25) is 0 Å².